The van der Waals surface area contributed by atoms with Crippen LogP contribution in [0.25, 0.3) is 22.2 Å². The van der Waals surface area contributed by atoms with E-state index in [0.717, 1.165) is 114 Å². The Bertz CT molecular complexity index is 3980. The molecule has 26 heteroatoms. The summed E-state index contributed by atoms with van der Waals surface area (Å²) >= 11 is 19.3. The predicted molar refractivity (Wildman–Crippen MR) is 334 cm³/mol. The Kier molecular flexibility index (Phi) is 16.6. The zero-order chi connectivity index (χ0) is 60.9. The third kappa shape index (κ3) is 12.3. The monoisotopic (exact) mass is 1220 g/mol. The molecule has 0 radical (unpaired) electrons. The van der Waals surface area contributed by atoms with E-state index < -0.39 is 11.1 Å². The number of nitrogens with two attached hydrogens (primary N) is 2. The first-order chi connectivity index (χ1) is 40.9. The number of hydrogen-bond donors (Lipinski definition) is 2. The highest BCUT2D eigenvalue weighted by atomic mass is 35.5. The molecule has 20 nitrogen and oxygen atoms in total. The second kappa shape index (κ2) is 23.8. The van der Waals surface area contributed by atoms with Gasteiger partial charge in [0, 0.05) is 150 Å². The molecule has 0 bridgehead atoms. The van der Waals surface area contributed by atoms with Gasteiger partial charge in [-0.05, 0) is 89.1 Å². The molecule has 446 valence electrons. The number of fused-ring (bicyclic) bond motifs is 2. The van der Waals surface area contributed by atoms with Crippen molar-refractivity contribution in [2.24, 2.45) is 25.6 Å². The number of halogens is 5. The Labute approximate surface area is 512 Å². The molecule has 86 heavy (non-hydrogen) atoms. The molecule has 0 aliphatic carbocycles. The van der Waals surface area contributed by atoms with Crippen molar-refractivity contribution >= 4 is 81.7 Å². The lowest BCUT2D eigenvalue weighted by Gasteiger charge is -2.36. The SMILES string of the molecule is C[C@](N)(c1ccc(F)cc1)c1cnc(N2CCN(c3c(Cl)cnn4cc(Cl)cc34)CC2)nc1.Cn1cc(-c2cc3c(N4CCN(c5ncc([C@@](C)(N)c6ccc(F)cc6)cn5)CC4)c(Cl)cnn3c2)cn1.Cn1cc(B2OC(C)(C)C(C)(C)O2)cn1. The van der Waals surface area contributed by atoms with E-state index in [0.29, 0.717) is 27.0 Å². The summed E-state index contributed by atoms with van der Waals surface area (Å²) in [5, 5.41) is 19.0. The molecule has 10 aromatic rings. The molecular weight excluding hydrogens is 1160 g/mol. The van der Waals surface area contributed by atoms with Crippen LogP contribution in [0.3, 0.4) is 0 Å². The number of anilines is 4. The standard InChI is InChI=1S/C27H27ClFN9.C23H22Cl2FN7.C10H17BN2O2/c1-27(30,20-3-5-22(29)6-4-20)21-13-31-26(32-14-21)37-9-7-36(8-10-37)25-23(28)15-34-38-17-18(11-24(25)38)19-12-33-35(2)16-19;1-23(27,15-2-4-18(26)5-3-15)16-11-28-22(29-12-16)32-8-6-31(7-9-32)21-19(25)13-30-33-14-17(24)10-20(21)33;1-9(2)10(3,4)15-11(14-9)8-6-12-13(5)7-8/h3-6,11-17H,7-10,30H2,1-2H3;2-5,10-14H,6-9,27H2,1H3;6-7H,1-5H3/t27-;23-;/m00./s1. The maximum absolute atomic E-state index is 13.4. The van der Waals surface area contributed by atoms with Crippen LogP contribution >= 0.6 is 34.8 Å². The smallest absolute Gasteiger partial charge is 0.399 e. The molecule has 3 fully saturated rings. The van der Waals surface area contributed by atoms with Crippen LogP contribution in [-0.2, 0) is 34.5 Å². The molecule has 4 N–H and O–H groups in total. The zero-order valence-corrected chi connectivity index (χ0v) is 51.2. The lowest BCUT2D eigenvalue weighted by molar-refractivity contribution is 0.00578. The van der Waals surface area contributed by atoms with Crippen molar-refractivity contribution in [3.05, 3.63) is 184 Å². The van der Waals surface area contributed by atoms with E-state index >= 15 is 0 Å². The third-order valence-corrected chi connectivity index (χ3v) is 17.3. The lowest BCUT2D eigenvalue weighted by Crippen LogP contribution is -2.47. The van der Waals surface area contributed by atoms with Crippen molar-refractivity contribution in [2.45, 2.75) is 63.8 Å². The Morgan fingerprint density at radius 3 is 1.31 bits per heavy atom. The van der Waals surface area contributed by atoms with Gasteiger partial charge >= 0.3 is 7.12 Å². The van der Waals surface area contributed by atoms with Gasteiger partial charge in [0.2, 0.25) is 11.9 Å². The van der Waals surface area contributed by atoms with Crippen molar-refractivity contribution in [3.8, 4) is 11.1 Å². The largest absolute Gasteiger partial charge is 0.498 e. The quantitative estimate of drug-likeness (QED) is 0.123. The van der Waals surface area contributed by atoms with Gasteiger partial charge in [0.05, 0.1) is 78.3 Å². The Morgan fingerprint density at radius 2 is 0.895 bits per heavy atom. The van der Waals surface area contributed by atoms with Crippen molar-refractivity contribution < 1.29 is 18.1 Å². The Morgan fingerprint density at radius 1 is 0.488 bits per heavy atom. The van der Waals surface area contributed by atoms with E-state index in [-0.39, 0.29) is 30.0 Å². The minimum Gasteiger partial charge on any atom is -0.399 e. The molecule has 13 rings (SSSR count). The zero-order valence-electron chi connectivity index (χ0n) is 49.0. The van der Waals surface area contributed by atoms with Crippen LogP contribution in [0.4, 0.5) is 32.1 Å². The number of rotatable bonds is 10. The summed E-state index contributed by atoms with van der Waals surface area (Å²) in [5.41, 5.74) is 20.7. The molecule has 0 saturated carbocycles. The van der Waals surface area contributed by atoms with Crippen molar-refractivity contribution in [3.63, 3.8) is 0 Å². The second-order valence-corrected chi connectivity index (χ2v) is 24.3. The average Bonchev–Trinajstić information content (AvgIpc) is 2.48. The summed E-state index contributed by atoms with van der Waals surface area (Å²) in [4.78, 5) is 27.1. The van der Waals surface area contributed by atoms with Crippen LogP contribution in [-0.4, -0.2) is 129 Å². The van der Waals surface area contributed by atoms with Gasteiger partial charge in [0.25, 0.3) is 0 Å². The van der Waals surface area contributed by atoms with Gasteiger partial charge in [-0.2, -0.15) is 20.4 Å². The number of aromatic nitrogens is 12. The van der Waals surface area contributed by atoms with Gasteiger partial charge in [0.15, 0.2) is 0 Å². The molecule has 3 saturated heterocycles. The van der Waals surface area contributed by atoms with E-state index in [9.17, 15) is 8.78 Å². The van der Waals surface area contributed by atoms with Gasteiger partial charge in [-0.1, -0.05) is 59.1 Å². The summed E-state index contributed by atoms with van der Waals surface area (Å²) in [7, 11) is 3.48. The van der Waals surface area contributed by atoms with Crippen LogP contribution in [0.1, 0.15) is 63.8 Å². The minimum atomic E-state index is -0.833. The van der Waals surface area contributed by atoms with Crippen LogP contribution in [0.5, 0.6) is 0 Å². The van der Waals surface area contributed by atoms with Crippen molar-refractivity contribution in [1.82, 2.24) is 58.7 Å². The minimum absolute atomic E-state index is 0.284. The van der Waals surface area contributed by atoms with Crippen LogP contribution in [0.2, 0.25) is 15.1 Å². The number of piperazine rings is 2. The molecule has 8 aromatic heterocycles. The van der Waals surface area contributed by atoms with Crippen LogP contribution in [0, 0.1) is 11.6 Å². The lowest BCUT2D eigenvalue weighted by atomic mass is 9.82. The normalized spacial score (nSPS) is 17.3. The highest BCUT2D eigenvalue weighted by molar-refractivity contribution is 6.62. The van der Waals surface area contributed by atoms with E-state index in [2.05, 4.69) is 66.0 Å². The molecule has 0 amide bonds. The third-order valence-electron chi connectivity index (χ3n) is 16.5. The number of hydrogen-bond acceptors (Lipinski definition) is 16. The number of aryl methyl sites for hydroxylation is 2. The Balaban J connectivity index is 0.000000146. The fraction of sp³-hybridized carbons (Fsp3) is 0.333. The molecule has 11 heterocycles. The summed E-state index contributed by atoms with van der Waals surface area (Å²) in [6, 6.07) is 16.3. The van der Waals surface area contributed by atoms with E-state index in [1.54, 1.807) is 87.7 Å². The first-order valence-electron chi connectivity index (χ1n) is 28.0. The van der Waals surface area contributed by atoms with Gasteiger partial charge in [-0.25, -0.2) is 37.7 Å². The summed E-state index contributed by atoms with van der Waals surface area (Å²) in [5.74, 6) is 0.699. The molecule has 0 spiro atoms. The van der Waals surface area contributed by atoms with Gasteiger partial charge < -0.3 is 40.4 Å². The predicted octanol–water partition coefficient (Wildman–Crippen LogP) is 8.70. The molecule has 3 aliphatic heterocycles. The van der Waals surface area contributed by atoms with Gasteiger partial charge in [0.1, 0.15) is 11.6 Å². The maximum Gasteiger partial charge on any atom is 0.498 e. The van der Waals surface area contributed by atoms with Crippen molar-refractivity contribution in [2.75, 3.05) is 72.0 Å². The highest BCUT2D eigenvalue weighted by Gasteiger charge is 2.52. The fourth-order valence-corrected chi connectivity index (χ4v) is 11.3. The topological polar surface area (TPSA) is 205 Å². The summed E-state index contributed by atoms with van der Waals surface area (Å²) in [6.07, 6.45) is 21.6. The van der Waals surface area contributed by atoms with Crippen LogP contribution in [0.15, 0.2) is 135 Å². The highest BCUT2D eigenvalue weighted by Crippen LogP contribution is 2.38. The number of benzene rings is 2. The summed E-state index contributed by atoms with van der Waals surface area (Å²) in [6.45, 7) is 17.9. The van der Waals surface area contributed by atoms with Gasteiger partial charge in [-0.15, -0.1) is 0 Å². The van der Waals surface area contributed by atoms with E-state index in [1.807, 2.05) is 91.0 Å². The molecular formula is C60H66BCl3F2N18O2. The van der Waals surface area contributed by atoms with Crippen molar-refractivity contribution in [1.29, 1.82) is 0 Å². The average molecular weight is 1230 g/mol. The fourth-order valence-electron chi connectivity index (χ4n) is 10.6. The summed E-state index contributed by atoms with van der Waals surface area (Å²) < 4.78 is 45.5. The first kappa shape index (κ1) is 59.9. The van der Waals surface area contributed by atoms with Gasteiger partial charge in [-0.3, -0.25) is 9.36 Å². The second-order valence-electron chi connectivity index (χ2n) is 23.1. The Hall–Kier alpha value is -7.77. The molecule has 3 aliphatic rings. The van der Waals surface area contributed by atoms with E-state index in [4.69, 9.17) is 55.6 Å². The van der Waals surface area contributed by atoms with Crippen LogP contribution < -0.4 is 36.5 Å². The molecule has 2 atom stereocenters. The molecule has 2 aromatic carbocycles. The first-order valence-corrected chi connectivity index (χ1v) is 29.1. The van der Waals surface area contributed by atoms with E-state index in [1.165, 1.54) is 24.3 Å². The maximum atomic E-state index is 13.4. The molecule has 0 unspecified atom stereocenters. The number of nitrogens with zero attached hydrogens (tertiary/aromatic N) is 16.